The number of rotatable bonds is 5. The first-order valence-corrected chi connectivity index (χ1v) is 16.7. The maximum Gasteiger partial charge on any atom is 0.411 e. The molecule has 0 unspecified atom stereocenters. The van der Waals surface area contributed by atoms with Crippen LogP contribution in [0.1, 0.15) is 70.2 Å². The molecule has 5 aromatic rings. The molecule has 2 saturated heterocycles. The molecule has 244 valence electrons. The van der Waals surface area contributed by atoms with Gasteiger partial charge in [-0.25, -0.2) is 24.5 Å². The number of H-pyrrole nitrogens is 2. The van der Waals surface area contributed by atoms with Gasteiger partial charge in [0.1, 0.15) is 22.9 Å². The quantitative estimate of drug-likeness (QED) is 0.179. The summed E-state index contributed by atoms with van der Waals surface area (Å²) in [5, 5.41) is 10.7. The van der Waals surface area contributed by atoms with Crippen molar-refractivity contribution in [3.8, 4) is 33.8 Å². The average Bonchev–Trinajstić information content (AvgIpc) is 3.65. The summed E-state index contributed by atoms with van der Waals surface area (Å²) in [4.78, 5) is 49.4. The summed E-state index contributed by atoms with van der Waals surface area (Å²) < 4.78 is 5.72. The van der Waals surface area contributed by atoms with Crippen LogP contribution in [0.3, 0.4) is 0 Å². The number of aromatic nitrogens is 5. The minimum atomic E-state index is -0.879. The van der Waals surface area contributed by atoms with E-state index in [4.69, 9.17) is 19.7 Å². The van der Waals surface area contributed by atoms with E-state index in [1.165, 1.54) is 0 Å². The number of carboxylic acid groups (broad SMARTS) is 1. The molecule has 2 amide bonds. The van der Waals surface area contributed by atoms with Crippen molar-refractivity contribution in [2.45, 2.75) is 76.2 Å². The zero-order valence-corrected chi connectivity index (χ0v) is 27.1. The van der Waals surface area contributed by atoms with Crippen LogP contribution in [0.2, 0.25) is 0 Å². The van der Waals surface area contributed by atoms with Crippen molar-refractivity contribution in [3.05, 3.63) is 78.6 Å². The lowest BCUT2D eigenvalue weighted by molar-refractivity contribution is 0.0175. The van der Waals surface area contributed by atoms with Gasteiger partial charge in [-0.3, -0.25) is 9.80 Å². The maximum atomic E-state index is 13.0. The van der Waals surface area contributed by atoms with Crippen LogP contribution in [-0.2, 0) is 4.74 Å². The third kappa shape index (κ3) is 4.99. The SMILES string of the molecule is CC(C)(C)OC(=O)N1[C@@H]2C[C@H]2C[C@H]1c1nc(-c2ccc(-c3ccc4nc(-c5c[nH]c([C@@H]6C[C@H]7C[C@H]7N6C(=O)O)n5)ccc4c3)cc2)c[nH]1. The van der Waals surface area contributed by atoms with Gasteiger partial charge in [-0.1, -0.05) is 36.4 Å². The number of hydrogen-bond acceptors (Lipinski definition) is 6. The minimum absolute atomic E-state index is 0.0986. The van der Waals surface area contributed by atoms with E-state index in [1.807, 2.05) is 50.2 Å². The van der Waals surface area contributed by atoms with Crippen molar-refractivity contribution in [3.63, 3.8) is 0 Å². The number of benzene rings is 2. The van der Waals surface area contributed by atoms with Gasteiger partial charge in [0.2, 0.25) is 0 Å². The predicted octanol–water partition coefficient (Wildman–Crippen LogP) is 7.57. The van der Waals surface area contributed by atoms with Crippen LogP contribution in [0.5, 0.6) is 0 Å². The van der Waals surface area contributed by atoms with Gasteiger partial charge >= 0.3 is 12.2 Å². The lowest BCUT2D eigenvalue weighted by Crippen LogP contribution is -2.38. The number of imidazole rings is 2. The van der Waals surface area contributed by atoms with E-state index >= 15 is 0 Å². The summed E-state index contributed by atoms with van der Waals surface area (Å²) in [6, 6.07) is 18.7. The summed E-state index contributed by atoms with van der Waals surface area (Å²) in [5.74, 6) is 2.46. The number of amides is 2. The molecule has 11 heteroatoms. The molecular formula is C37H37N7O4. The number of likely N-dealkylation sites (tertiary alicyclic amines) is 2. The Kier molecular flexibility index (Phi) is 6.28. The Morgan fingerprint density at radius 2 is 1.33 bits per heavy atom. The minimum Gasteiger partial charge on any atom is -0.465 e. The highest BCUT2D eigenvalue weighted by Gasteiger charge is 2.57. The van der Waals surface area contributed by atoms with E-state index in [9.17, 15) is 14.7 Å². The van der Waals surface area contributed by atoms with E-state index in [0.717, 1.165) is 70.5 Å². The fourth-order valence-corrected chi connectivity index (χ4v) is 7.83. The lowest BCUT2D eigenvalue weighted by atomic mass is 10.0. The van der Waals surface area contributed by atoms with Gasteiger partial charge in [0.15, 0.2) is 0 Å². The summed E-state index contributed by atoms with van der Waals surface area (Å²) in [6.45, 7) is 5.69. The van der Waals surface area contributed by atoms with E-state index in [1.54, 1.807) is 4.90 Å². The normalized spacial score (nSPS) is 25.6. The highest BCUT2D eigenvalue weighted by atomic mass is 16.6. The first-order valence-electron chi connectivity index (χ1n) is 16.7. The number of pyridine rings is 1. The standard InChI is InChI=1S/C37H37N7O4/c1-37(2,3)48-36(47)44-30-14-24(30)16-32(44)34-38-17-27(41-34)20-6-4-19(5-7-20)21-8-10-25-22(12-21)9-11-26(40-25)28-18-39-33(42-28)31-15-23-13-29(23)43(31)35(45)46/h4-12,17-18,23-24,29-32H,13-16H2,1-3H3,(H,38,41)(H,39,42)(H,45,46)/t23-,24+,29-,30-,31+,32+/m1/s1. The van der Waals surface area contributed by atoms with Gasteiger partial charge in [0.25, 0.3) is 0 Å². The largest absolute Gasteiger partial charge is 0.465 e. The van der Waals surface area contributed by atoms with Gasteiger partial charge in [-0.05, 0) is 87.6 Å². The summed E-state index contributed by atoms with van der Waals surface area (Å²) in [5.41, 5.74) is 5.79. The van der Waals surface area contributed by atoms with Gasteiger partial charge in [0.05, 0.1) is 29.0 Å². The monoisotopic (exact) mass is 643 g/mol. The molecule has 0 bridgehead atoms. The number of ether oxygens (including phenoxy) is 1. The number of fused-ring (bicyclic) bond motifs is 3. The number of carbonyl (C=O) groups is 2. The van der Waals surface area contributed by atoms with Gasteiger partial charge in [-0.2, -0.15) is 0 Å². The second-order valence-electron chi connectivity index (χ2n) is 14.7. The second-order valence-corrected chi connectivity index (χ2v) is 14.7. The van der Waals surface area contributed by atoms with Gasteiger partial charge < -0.3 is 19.8 Å². The molecular weight excluding hydrogens is 606 g/mol. The first-order chi connectivity index (χ1) is 23.1. The third-order valence-electron chi connectivity index (χ3n) is 10.3. The van der Waals surface area contributed by atoms with E-state index in [2.05, 4.69) is 52.4 Å². The Bertz CT molecular complexity index is 2080. The number of nitrogens with one attached hydrogen (secondary N) is 2. The molecule has 11 nitrogen and oxygen atoms in total. The number of carbonyl (C=O) groups excluding carboxylic acids is 1. The molecule has 5 heterocycles. The van der Waals surface area contributed by atoms with Crippen molar-refractivity contribution in [1.29, 1.82) is 0 Å². The van der Waals surface area contributed by atoms with Crippen molar-refractivity contribution < 1.29 is 19.4 Å². The Hall–Kier alpha value is -5.19. The predicted molar refractivity (Wildman–Crippen MR) is 179 cm³/mol. The van der Waals surface area contributed by atoms with Crippen LogP contribution >= 0.6 is 0 Å². The highest BCUT2D eigenvalue weighted by molar-refractivity contribution is 5.86. The van der Waals surface area contributed by atoms with Crippen LogP contribution in [0, 0.1) is 11.8 Å². The Morgan fingerprint density at radius 3 is 2.02 bits per heavy atom. The maximum absolute atomic E-state index is 13.0. The second kappa shape index (κ2) is 10.4. The first kappa shape index (κ1) is 29.0. The molecule has 6 atom stereocenters. The summed E-state index contributed by atoms with van der Waals surface area (Å²) in [7, 11) is 0. The molecule has 2 aliphatic carbocycles. The third-order valence-corrected chi connectivity index (χ3v) is 10.3. The number of piperidine rings is 2. The Balaban J connectivity index is 0.904. The topological polar surface area (TPSA) is 140 Å². The number of aromatic amines is 2. The Morgan fingerprint density at radius 1 is 0.729 bits per heavy atom. The molecule has 0 spiro atoms. The fraction of sp³-hybridized carbons (Fsp3) is 0.378. The molecule has 2 aliphatic heterocycles. The van der Waals surface area contributed by atoms with Crippen molar-refractivity contribution in [2.75, 3.05) is 0 Å². The highest BCUT2D eigenvalue weighted by Crippen LogP contribution is 2.54. The van der Waals surface area contributed by atoms with E-state index < -0.39 is 11.7 Å². The zero-order chi connectivity index (χ0) is 32.9. The molecule has 3 N–H and O–H groups in total. The number of nitrogens with zero attached hydrogens (tertiary/aromatic N) is 5. The lowest BCUT2D eigenvalue weighted by Gasteiger charge is -2.29. The van der Waals surface area contributed by atoms with Gasteiger partial charge in [-0.15, -0.1) is 0 Å². The summed E-state index contributed by atoms with van der Waals surface area (Å²) >= 11 is 0. The molecule has 2 aromatic carbocycles. The van der Waals surface area contributed by atoms with Crippen LogP contribution in [0.4, 0.5) is 9.59 Å². The van der Waals surface area contributed by atoms with E-state index in [-0.39, 0.29) is 30.3 Å². The Labute approximate surface area is 277 Å². The molecule has 48 heavy (non-hydrogen) atoms. The van der Waals surface area contributed by atoms with Crippen molar-refractivity contribution in [2.24, 2.45) is 11.8 Å². The number of hydrogen-bond donors (Lipinski definition) is 3. The van der Waals surface area contributed by atoms with E-state index in [0.29, 0.717) is 23.4 Å². The molecule has 2 saturated carbocycles. The summed E-state index contributed by atoms with van der Waals surface area (Å²) in [6.07, 6.45) is 6.31. The van der Waals surface area contributed by atoms with Crippen molar-refractivity contribution >= 4 is 23.1 Å². The smallest absolute Gasteiger partial charge is 0.411 e. The molecule has 4 fully saturated rings. The van der Waals surface area contributed by atoms with Crippen molar-refractivity contribution in [1.82, 2.24) is 34.7 Å². The van der Waals surface area contributed by atoms with Crippen LogP contribution in [0.25, 0.3) is 44.7 Å². The van der Waals surface area contributed by atoms with Crippen LogP contribution in [-0.4, -0.2) is 69.7 Å². The molecule has 9 rings (SSSR count). The average molecular weight is 644 g/mol. The zero-order valence-electron chi connectivity index (χ0n) is 27.1. The van der Waals surface area contributed by atoms with Gasteiger partial charge in [0, 0.05) is 35.4 Å². The molecule has 0 radical (unpaired) electrons. The van der Waals surface area contributed by atoms with Crippen LogP contribution in [0.15, 0.2) is 67.0 Å². The molecule has 4 aliphatic rings. The molecule has 3 aromatic heterocycles. The fourth-order valence-electron chi connectivity index (χ4n) is 7.83. The van der Waals surface area contributed by atoms with Crippen LogP contribution < -0.4 is 0 Å².